The summed E-state index contributed by atoms with van der Waals surface area (Å²) in [6, 6.07) is 25.4. The summed E-state index contributed by atoms with van der Waals surface area (Å²) in [5, 5.41) is 2.60. The normalized spacial score (nSPS) is 9.16. The minimum Gasteiger partial charge on any atom is -1.00 e. The topological polar surface area (TPSA) is 4.93 Å². The Kier molecular flexibility index (Phi) is 11.8. The number of nitrogens with zero attached hydrogens (tertiary/aromatic N) is 1. The first-order valence-electron chi connectivity index (χ1n) is 7.86. The zero-order chi connectivity index (χ0) is 15.2. The molecule has 0 bridgehead atoms. The van der Waals surface area contributed by atoms with Crippen molar-refractivity contribution < 1.29 is 51.0 Å². The van der Waals surface area contributed by atoms with Gasteiger partial charge in [-0.1, -0.05) is 25.8 Å². The fourth-order valence-electron chi connectivity index (χ4n) is 2.66. The molecule has 0 fully saturated rings. The maximum absolute atomic E-state index is 2.20. The van der Waals surface area contributed by atoms with Gasteiger partial charge in [-0.25, -0.2) is 12.1 Å². The van der Waals surface area contributed by atoms with Gasteiger partial charge < -0.3 is 29.4 Å². The van der Waals surface area contributed by atoms with E-state index in [1.807, 2.05) is 12.1 Å². The maximum Gasteiger partial charge on any atom is 4.00 e. The van der Waals surface area contributed by atoms with Gasteiger partial charge in [-0.05, 0) is 17.8 Å². The van der Waals surface area contributed by atoms with Gasteiger partial charge in [0, 0.05) is 12.4 Å². The van der Waals surface area contributed by atoms with Crippen LogP contribution < -0.4 is 24.8 Å². The second-order valence-electron chi connectivity index (χ2n) is 5.48. The third kappa shape index (κ3) is 6.62. The molecular weight excluding hydrogens is 428 g/mol. The van der Waals surface area contributed by atoms with Gasteiger partial charge in [0.05, 0.1) is 0 Å². The van der Waals surface area contributed by atoms with Crippen LogP contribution in [0.25, 0.3) is 16.5 Å². The van der Waals surface area contributed by atoms with Crippen LogP contribution in [0, 0.1) is 0 Å². The average Bonchev–Trinajstić information content (AvgIpc) is 3.29. The quantitative estimate of drug-likeness (QED) is 0.379. The molecule has 128 valence electrons. The Morgan fingerprint density at radius 3 is 2.16 bits per heavy atom. The van der Waals surface area contributed by atoms with Crippen LogP contribution in [0.3, 0.4) is 0 Å². The van der Waals surface area contributed by atoms with E-state index in [4.69, 9.17) is 0 Å². The Hall–Kier alpha value is -1.08. The van der Waals surface area contributed by atoms with Gasteiger partial charge in [0.15, 0.2) is 0 Å². The summed E-state index contributed by atoms with van der Waals surface area (Å²) < 4.78 is 2.12. The second-order valence-corrected chi connectivity index (χ2v) is 5.48. The molecular formula is C21H21Cl2NZr. The molecule has 4 aromatic rings. The van der Waals surface area contributed by atoms with Gasteiger partial charge in [0.25, 0.3) is 0 Å². The van der Waals surface area contributed by atoms with Gasteiger partial charge in [0.2, 0.25) is 0 Å². The predicted octanol–water partition coefficient (Wildman–Crippen LogP) is -0.287. The van der Waals surface area contributed by atoms with Crippen molar-refractivity contribution in [2.24, 2.45) is 0 Å². The Bertz CT molecular complexity index is 769. The first-order valence-corrected chi connectivity index (χ1v) is 7.86. The summed E-state index contributed by atoms with van der Waals surface area (Å²) in [5.74, 6) is 0. The molecule has 0 unspecified atom stereocenters. The van der Waals surface area contributed by atoms with E-state index < -0.39 is 0 Å². The molecule has 1 nitrogen and oxygen atoms in total. The molecule has 0 aliphatic carbocycles. The predicted molar refractivity (Wildman–Crippen MR) is 94.9 cm³/mol. The molecule has 0 saturated heterocycles. The number of benzene rings is 1. The smallest absolute Gasteiger partial charge is 1.00 e. The van der Waals surface area contributed by atoms with Crippen LogP contribution in [-0.4, -0.2) is 4.57 Å². The van der Waals surface area contributed by atoms with Crippen molar-refractivity contribution in [2.75, 3.05) is 0 Å². The van der Waals surface area contributed by atoms with Gasteiger partial charge in [-0.2, -0.15) is 17.7 Å². The van der Waals surface area contributed by atoms with Crippen molar-refractivity contribution >= 4 is 10.8 Å². The molecule has 4 rings (SSSR count). The summed E-state index contributed by atoms with van der Waals surface area (Å²) in [7, 11) is 0. The molecule has 1 aromatic heterocycles. The Morgan fingerprint density at radius 1 is 0.920 bits per heavy atom. The van der Waals surface area contributed by atoms with Crippen molar-refractivity contribution in [2.45, 2.75) is 19.8 Å². The summed E-state index contributed by atoms with van der Waals surface area (Å²) >= 11 is 0. The van der Waals surface area contributed by atoms with Crippen LogP contribution in [-0.2, 0) is 32.6 Å². The van der Waals surface area contributed by atoms with Crippen molar-refractivity contribution in [3.05, 3.63) is 90.8 Å². The first kappa shape index (κ1) is 23.9. The van der Waals surface area contributed by atoms with E-state index in [0.717, 1.165) is 0 Å². The van der Waals surface area contributed by atoms with E-state index in [1.54, 1.807) is 0 Å². The van der Waals surface area contributed by atoms with E-state index in [-0.39, 0.29) is 51.0 Å². The molecule has 0 spiro atoms. The van der Waals surface area contributed by atoms with Crippen molar-refractivity contribution in [1.29, 1.82) is 0 Å². The zero-order valence-electron chi connectivity index (χ0n) is 14.2. The van der Waals surface area contributed by atoms with Gasteiger partial charge in [0.1, 0.15) is 0 Å². The van der Waals surface area contributed by atoms with Crippen LogP contribution in [0.4, 0.5) is 0 Å². The van der Waals surface area contributed by atoms with E-state index >= 15 is 0 Å². The molecule has 0 radical (unpaired) electrons. The molecule has 3 aromatic carbocycles. The zero-order valence-corrected chi connectivity index (χ0v) is 18.2. The van der Waals surface area contributed by atoms with Gasteiger partial charge >= 0.3 is 26.2 Å². The van der Waals surface area contributed by atoms with E-state index in [1.165, 1.54) is 34.9 Å². The second kappa shape index (κ2) is 12.3. The Balaban J connectivity index is 0.000000462. The Labute approximate surface area is 181 Å². The van der Waals surface area contributed by atoms with Crippen LogP contribution in [0.2, 0.25) is 0 Å². The van der Waals surface area contributed by atoms with Crippen LogP contribution in [0.15, 0.2) is 85.2 Å². The van der Waals surface area contributed by atoms with Crippen LogP contribution in [0.1, 0.15) is 18.9 Å². The minimum absolute atomic E-state index is 0. The molecule has 0 N–H and O–H groups in total. The van der Waals surface area contributed by atoms with E-state index in [9.17, 15) is 0 Å². The average molecular weight is 450 g/mol. The number of hydrogen-bond acceptors (Lipinski definition) is 0. The number of halogens is 2. The number of rotatable bonds is 3. The standard InChI is InChI=1S/C13H10N.C8H11.2ClH.Zr/c1-2-6-12-10-13(9-11(12)5-1)14-7-3-4-8-14;1-2-5-8-6-3-4-7-8;;;/h1-10H;3-4,6-7H,2,5H2,1H3;2*1H;/q2*-1;;;+4/p-2. The summed E-state index contributed by atoms with van der Waals surface area (Å²) in [6.07, 6.45) is 6.61. The molecule has 0 amide bonds. The first-order chi connectivity index (χ1) is 10.9. The van der Waals surface area contributed by atoms with E-state index in [2.05, 4.69) is 84.5 Å². The third-order valence-corrected chi connectivity index (χ3v) is 3.78. The third-order valence-electron chi connectivity index (χ3n) is 3.78. The SMILES string of the molecule is CCC[c-]1cccc1.[Cl-].[Cl-].[Zr+4].c1ccc2[cH-]c(-n3cccc3)cc2c1. The molecule has 4 heteroatoms. The molecule has 0 saturated carbocycles. The molecule has 0 aliphatic heterocycles. The molecule has 1 heterocycles. The largest absolute Gasteiger partial charge is 4.00 e. The van der Waals surface area contributed by atoms with Crippen molar-refractivity contribution in [3.63, 3.8) is 0 Å². The monoisotopic (exact) mass is 447 g/mol. The number of aryl methyl sites for hydroxylation is 1. The van der Waals surface area contributed by atoms with Crippen molar-refractivity contribution in [1.82, 2.24) is 4.57 Å². The molecule has 25 heavy (non-hydrogen) atoms. The maximum atomic E-state index is 2.20. The molecule has 0 aliphatic rings. The van der Waals surface area contributed by atoms with Gasteiger partial charge in [-0.15, -0.1) is 41.1 Å². The number of aromatic nitrogens is 1. The minimum atomic E-state index is 0. The number of hydrogen-bond donors (Lipinski definition) is 0. The fourth-order valence-corrected chi connectivity index (χ4v) is 2.66. The summed E-state index contributed by atoms with van der Waals surface area (Å²) in [4.78, 5) is 0. The van der Waals surface area contributed by atoms with E-state index in [0.29, 0.717) is 0 Å². The van der Waals surface area contributed by atoms with Crippen LogP contribution >= 0.6 is 0 Å². The summed E-state index contributed by atoms with van der Waals surface area (Å²) in [5.41, 5.74) is 2.70. The number of fused-ring (bicyclic) bond motifs is 1. The van der Waals surface area contributed by atoms with Gasteiger partial charge in [-0.3, -0.25) is 0 Å². The summed E-state index contributed by atoms with van der Waals surface area (Å²) in [6.45, 7) is 2.20. The molecule has 0 atom stereocenters. The van der Waals surface area contributed by atoms with Crippen LogP contribution in [0.5, 0.6) is 0 Å². The fraction of sp³-hybridized carbons (Fsp3) is 0.143. The Morgan fingerprint density at radius 2 is 1.56 bits per heavy atom. The van der Waals surface area contributed by atoms with Crippen molar-refractivity contribution in [3.8, 4) is 5.69 Å².